The minimum Gasteiger partial charge on any atom is -0.481 e. The predicted molar refractivity (Wildman–Crippen MR) is 108 cm³/mol. The topological polar surface area (TPSA) is 99.5 Å². The smallest absolute Gasteiger partial charge is 0.261 e. The number of amides is 1. The quantitative estimate of drug-likeness (QED) is 0.751. The fourth-order valence-corrected chi connectivity index (χ4v) is 4.60. The van der Waals surface area contributed by atoms with Crippen molar-refractivity contribution >= 4 is 15.9 Å². The number of nitrogens with one attached hydrogen (secondary N) is 1. The first-order valence-corrected chi connectivity index (χ1v) is 10.9. The lowest BCUT2D eigenvalue weighted by Crippen LogP contribution is -2.35. The van der Waals surface area contributed by atoms with E-state index in [1.54, 1.807) is 55.5 Å². The van der Waals surface area contributed by atoms with Crippen molar-refractivity contribution in [1.29, 1.82) is 5.26 Å². The van der Waals surface area contributed by atoms with Gasteiger partial charge < -0.3 is 10.1 Å². The fraction of sp³-hybridized carbons (Fsp3) is 0.333. The number of ether oxygens (including phenoxy) is 1. The molecule has 0 aliphatic carbocycles. The summed E-state index contributed by atoms with van der Waals surface area (Å²) in [6, 6.07) is 15.2. The van der Waals surface area contributed by atoms with Gasteiger partial charge in [-0.3, -0.25) is 4.79 Å². The lowest BCUT2D eigenvalue weighted by atomic mass is 10.2. The molecule has 1 aliphatic rings. The van der Waals surface area contributed by atoms with Gasteiger partial charge in [-0.15, -0.1) is 0 Å². The Bertz CT molecular complexity index is 1010. The van der Waals surface area contributed by atoms with E-state index in [0.717, 1.165) is 18.4 Å². The van der Waals surface area contributed by atoms with Gasteiger partial charge in [0.15, 0.2) is 6.10 Å². The number of nitriles is 1. The molecular formula is C21H23N3O4S. The molecule has 1 fully saturated rings. The van der Waals surface area contributed by atoms with E-state index in [1.807, 2.05) is 6.07 Å². The molecule has 152 valence electrons. The van der Waals surface area contributed by atoms with Crippen molar-refractivity contribution < 1.29 is 17.9 Å². The monoisotopic (exact) mass is 413 g/mol. The number of carbonyl (C=O) groups excluding carboxylic acids is 1. The zero-order valence-electron chi connectivity index (χ0n) is 16.2. The van der Waals surface area contributed by atoms with Crippen LogP contribution in [0.5, 0.6) is 5.75 Å². The molecule has 0 saturated carbocycles. The minimum absolute atomic E-state index is 0.259. The second-order valence-corrected chi connectivity index (χ2v) is 8.81. The van der Waals surface area contributed by atoms with Gasteiger partial charge in [0.2, 0.25) is 10.0 Å². The Hall–Kier alpha value is -2.89. The maximum absolute atomic E-state index is 12.5. The molecule has 7 nitrogen and oxygen atoms in total. The zero-order valence-corrected chi connectivity index (χ0v) is 17.0. The van der Waals surface area contributed by atoms with Gasteiger partial charge in [0.05, 0.1) is 16.5 Å². The van der Waals surface area contributed by atoms with Crippen LogP contribution in [-0.4, -0.2) is 37.8 Å². The number of sulfonamides is 1. The third-order valence-electron chi connectivity index (χ3n) is 4.74. The van der Waals surface area contributed by atoms with E-state index in [9.17, 15) is 13.2 Å². The highest BCUT2D eigenvalue weighted by atomic mass is 32.2. The van der Waals surface area contributed by atoms with Crippen molar-refractivity contribution in [1.82, 2.24) is 9.62 Å². The van der Waals surface area contributed by atoms with Crippen LogP contribution in [0.25, 0.3) is 0 Å². The van der Waals surface area contributed by atoms with Crippen LogP contribution in [-0.2, 0) is 21.4 Å². The lowest BCUT2D eigenvalue weighted by molar-refractivity contribution is -0.127. The summed E-state index contributed by atoms with van der Waals surface area (Å²) in [7, 11) is -3.44. The van der Waals surface area contributed by atoms with Crippen molar-refractivity contribution in [2.45, 2.75) is 37.3 Å². The first kappa shape index (κ1) is 20.8. The Labute approximate surface area is 171 Å². The number of hydrogen-bond donors (Lipinski definition) is 1. The van der Waals surface area contributed by atoms with Crippen molar-refractivity contribution in [2.75, 3.05) is 13.1 Å². The highest BCUT2D eigenvalue weighted by molar-refractivity contribution is 7.89. The van der Waals surface area contributed by atoms with Gasteiger partial charge >= 0.3 is 0 Å². The Morgan fingerprint density at radius 1 is 1.21 bits per heavy atom. The summed E-state index contributed by atoms with van der Waals surface area (Å²) in [6.07, 6.45) is 1.05. The van der Waals surface area contributed by atoms with Crippen LogP contribution in [0.15, 0.2) is 53.4 Å². The third-order valence-corrected chi connectivity index (χ3v) is 6.65. The second-order valence-electron chi connectivity index (χ2n) is 6.87. The molecular weight excluding hydrogens is 390 g/mol. The SMILES string of the molecule is CC(Oc1cccc(C#N)c1)C(=O)NCc1ccc(S(=O)(=O)N2CCCC2)cc1. The average Bonchev–Trinajstić information content (AvgIpc) is 3.28. The molecule has 1 heterocycles. The highest BCUT2D eigenvalue weighted by Gasteiger charge is 2.26. The van der Waals surface area contributed by atoms with Crippen LogP contribution in [0.3, 0.4) is 0 Å². The molecule has 0 bridgehead atoms. The van der Waals surface area contributed by atoms with E-state index in [4.69, 9.17) is 10.00 Å². The molecule has 1 atom stereocenters. The van der Waals surface area contributed by atoms with E-state index in [2.05, 4.69) is 5.32 Å². The number of carbonyl (C=O) groups is 1. The van der Waals surface area contributed by atoms with Crippen molar-refractivity contribution in [3.8, 4) is 11.8 Å². The maximum Gasteiger partial charge on any atom is 0.261 e. The van der Waals surface area contributed by atoms with Gasteiger partial charge in [-0.25, -0.2) is 8.42 Å². The summed E-state index contributed by atoms with van der Waals surface area (Å²) in [6.45, 7) is 3.01. The van der Waals surface area contributed by atoms with Crippen LogP contribution >= 0.6 is 0 Å². The van der Waals surface area contributed by atoms with Crippen LogP contribution in [0.2, 0.25) is 0 Å². The summed E-state index contributed by atoms with van der Waals surface area (Å²) in [4.78, 5) is 12.5. The summed E-state index contributed by atoms with van der Waals surface area (Å²) >= 11 is 0. The molecule has 2 aromatic rings. The largest absolute Gasteiger partial charge is 0.481 e. The van der Waals surface area contributed by atoms with Crippen molar-refractivity contribution in [3.05, 3.63) is 59.7 Å². The van der Waals surface area contributed by atoms with Gasteiger partial charge in [0, 0.05) is 19.6 Å². The van der Waals surface area contributed by atoms with E-state index in [0.29, 0.717) is 24.4 Å². The standard InChI is InChI=1S/C21H23N3O4S/c1-16(28-19-6-4-5-18(13-19)14-22)21(25)23-15-17-7-9-20(10-8-17)29(26,27)24-11-2-3-12-24/h4-10,13,16H,2-3,11-12,15H2,1H3,(H,23,25). The number of benzene rings is 2. The Morgan fingerprint density at radius 3 is 2.55 bits per heavy atom. The molecule has 8 heteroatoms. The minimum atomic E-state index is -3.44. The molecule has 1 saturated heterocycles. The Morgan fingerprint density at radius 2 is 1.90 bits per heavy atom. The molecule has 0 radical (unpaired) electrons. The van der Waals surface area contributed by atoms with Gasteiger partial charge in [-0.2, -0.15) is 9.57 Å². The maximum atomic E-state index is 12.5. The van der Waals surface area contributed by atoms with E-state index >= 15 is 0 Å². The molecule has 1 unspecified atom stereocenters. The van der Waals surface area contributed by atoms with Gasteiger partial charge in [-0.1, -0.05) is 18.2 Å². The van der Waals surface area contributed by atoms with Crippen molar-refractivity contribution in [3.63, 3.8) is 0 Å². The molecule has 29 heavy (non-hydrogen) atoms. The predicted octanol–water partition coefficient (Wildman–Crippen LogP) is 2.43. The molecule has 2 aromatic carbocycles. The number of hydrogen-bond acceptors (Lipinski definition) is 5. The fourth-order valence-electron chi connectivity index (χ4n) is 3.09. The van der Waals surface area contributed by atoms with E-state index in [1.165, 1.54) is 4.31 Å². The first-order chi connectivity index (χ1) is 13.9. The molecule has 1 aliphatic heterocycles. The summed E-state index contributed by atoms with van der Waals surface area (Å²) in [5.74, 6) is 0.143. The normalized spacial score (nSPS) is 15.4. The lowest BCUT2D eigenvalue weighted by Gasteiger charge is -2.16. The molecule has 3 rings (SSSR count). The Balaban J connectivity index is 1.55. The second kappa shape index (κ2) is 9.07. The summed E-state index contributed by atoms with van der Waals surface area (Å²) < 4.78 is 32.2. The zero-order chi connectivity index (χ0) is 20.9. The van der Waals surface area contributed by atoms with Crippen molar-refractivity contribution in [2.24, 2.45) is 0 Å². The molecule has 0 aromatic heterocycles. The molecule has 1 N–H and O–H groups in total. The third kappa shape index (κ3) is 5.13. The van der Waals surface area contributed by atoms with E-state index in [-0.39, 0.29) is 17.3 Å². The number of rotatable bonds is 7. The van der Waals surface area contributed by atoms with Crippen LogP contribution < -0.4 is 10.1 Å². The Kier molecular flexibility index (Phi) is 6.52. The first-order valence-electron chi connectivity index (χ1n) is 9.44. The van der Waals surface area contributed by atoms with E-state index < -0.39 is 16.1 Å². The van der Waals surface area contributed by atoms with Crippen LogP contribution in [0, 0.1) is 11.3 Å². The molecule has 1 amide bonds. The van der Waals surface area contributed by atoms with Gasteiger partial charge in [0.25, 0.3) is 5.91 Å². The van der Waals surface area contributed by atoms with Crippen LogP contribution in [0.4, 0.5) is 0 Å². The highest BCUT2D eigenvalue weighted by Crippen LogP contribution is 2.21. The molecule has 0 spiro atoms. The summed E-state index contributed by atoms with van der Waals surface area (Å²) in [5, 5.41) is 11.7. The average molecular weight is 413 g/mol. The van der Waals surface area contributed by atoms with Crippen LogP contribution in [0.1, 0.15) is 30.9 Å². The van der Waals surface area contributed by atoms with Gasteiger partial charge in [-0.05, 0) is 55.7 Å². The number of nitrogens with zero attached hydrogens (tertiary/aromatic N) is 2. The summed E-state index contributed by atoms with van der Waals surface area (Å²) in [5.41, 5.74) is 1.25. The van der Waals surface area contributed by atoms with Gasteiger partial charge in [0.1, 0.15) is 5.75 Å².